The van der Waals surface area contributed by atoms with Gasteiger partial charge in [0, 0.05) is 37.2 Å². The second-order valence-electron chi connectivity index (χ2n) is 6.46. The molecule has 0 saturated carbocycles. The molecular formula is C18H24N2O10S2. The van der Waals surface area contributed by atoms with Crippen LogP contribution in [-0.4, -0.2) is 83.6 Å². The van der Waals surface area contributed by atoms with Crippen molar-refractivity contribution in [2.45, 2.75) is 38.5 Å². The molecule has 2 aliphatic rings. The number of hydrogen-bond donors (Lipinski definition) is 0. The molecule has 32 heavy (non-hydrogen) atoms. The van der Waals surface area contributed by atoms with Crippen LogP contribution in [0.1, 0.15) is 38.5 Å². The van der Waals surface area contributed by atoms with Crippen molar-refractivity contribution < 1.29 is 47.9 Å². The lowest BCUT2D eigenvalue weighted by Gasteiger charge is -2.12. The summed E-state index contributed by atoms with van der Waals surface area (Å²) in [6.45, 7) is 1.06. The van der Waals surface area contributed by atoms with Crippen LogP contribution in [0.2, 0.25) is 0 Å². The zero-order valence-electron chi connectivity index (χ0n) is 17.3. The molecule has 0 aromatic heterocycles. The van der Waals surface area contributed by atoms with Gasteiger partial charge in [0.05, 0.1) is 39.3 Å². The molecule has 0 bridgehead atoms. The van der Waals surface area contributed by atoms with E-state index in [2.05, 4.69) is 0 Å². The molecule has 178 valence electrons. The van der Waals surface area contributed by atoms with Crippen LogP contribution in [0.4, 0.5) is 0 Å². The van der Waals surface area contributed by atoms with Gasteiger partial charge in [-0.1, -0.05) is 21.6 Å². The third-order valence-corrected chi connectivity index (χ3v) is 6.34. The first-order valence-corrected chi connectivity index (χ1v) is 12.4. The summed E-state index contributed by atoms with van der Waals surface area (Å²) in [5.74, 6) is -2.12. The molecule has 0 aromatic carbocycles. The fourth-order valence-corrected chi connectivity index (χ4v) is 4.15. The van der Waals surface area contributed by atoms with Gasteiger partial charge in [0.1, 0.15) is 0 Å². The van der Waals surface area contributed by atoms with Gasteiger partial charge in [-0.05, 0) is 0 Å². The van der Waals surface area contributed by atoms with Gasteiger partial charge in [-0.15, -0.1) is 10.1 Å². The third kappa shape index (κ3) is 9.14. The number of carbonyl (C=O) groups is 6. The zero-order chi connectivity index (χ0) is 23.3. The summed E-state index contributed by atoms with van der Waals surface area (Å²) in [6, 6.07) is 0. The van der Waals surface area contributed by atoms with Crippen LogP contribution in [0.25, 0.3) is 0 Å². The summed E-state index contributed by atoms with van der Waals surface area (Å²) < 4.78 is 10.6. The Morgan fingerprint density at radius 3 is 1.31 bits per heavy atom. The van der Waals surface area contributed by atoms with E-state index in [1.807, 2.05) is 0 Å². The van der Waals surface area contributed by atoms with Crippen LogP contribution < -0.4 is 0 Å². The second kappa shape index (κ2) is 14.1. The molecule has 0 atom stereocenters. The minimum absolute atomic E-state index is 0.0537. The first-order valence-electron chi connectivity index (χ1n) is 9.91. The highest BCUT2D eigenvalue weighted by molar-refractivity contribution is 8.76. The van der Waals surface area contributed by atoms with Gasteiger partial charge in [0.15, 0.2) is 0 Å². The summed E-state index contributed by atoms with van der Waals surface area (Å²) in [4.78, 5) is 77.9. The van der Waals surface area contributed by atoms with E-state index in [1.165, 1.54) is 0 Å². The molecule has 0 aliphatic carbocycles. The third-order valence-electron chi connectivity index (χ3n) is 4.00. The molecule has 2 saturated heterocycles. The minimum Gasteiger partial charge on any atom is -0.380 e. The van der Waals surface area contributed by atoms with E-state index in [1.54, 1.807) is 21.6 Å². The maximum atomic E-state index is 11.6. The number of ether oxygens (including phenoxy) is 2. The normalized spacial score (nSPS) is 16.2. The first kappa shape index (κ1) is 26.1. The Morgan fingerprint density at radius 2 is 0.969 bits per heavy atom. The standard InChI is InChI=1S/C18H24N2O10S2/c21-13-1-2-14(22)19(13)29-17(25)5-7-27-9-11-31-32-12-10-28-8-6-18(26)30-20-15(23)3-4-16(20)24/h1-12H2. The van der Waals surface area contributed by atoms with Crippen LogP contribution in [-0.2, 0) is 47.9 Å². The molecule has 2 rings (SSSR count). The summed E-state index contributed by atoms with van der Waals surface area (Å²) in [6.07, 6.45) is 0.0864. The maximum absolute atomic E-state index is 11.6. The van der Waals surface area contributed by atoms with Gasteiger partial charge in [0.25, 0.3) is 23.6 Å². The molecule has 12 nitrogen and oxygen atoms in total. The summed E-state index contributed by atoms with van der Waals surface area (Å²) in [5, 5.41) is 1.02. The molecule has 2 fully saturated rings. The van der Waals surface area contributed by atoms with E-state index in [9.17, 15) is 28.8 Å². The van der Waals surface area contributed by atoms with Crippen molar-refractivity contribution >= 4 is 57.2 Å². The molecule has 0 unspecified atom stereocenters. The molecular weight excluding hydrogens is 468 g/mol. The summed E-state index contributed by atoms with van der Waals surface area (Å²) >= 11 is 0. The van der Waals surface area contributed by atoms with E-state index < -0.39 is 35.6 Å². The molecule has 14 heteroatoms. The Labute approximate surface area is 191 Å². The van der Waals surface area contributed by atoms with E-state index in [-0.39, 0.29) is 51.7 Å². The Bertz CT molecular complexity index is 641. The monoisotopic (exact) mass is 492 g/mol. The van der Waals surface area contributed by atoms with Crippen molar-refractivity contribution in [2.75, 3.05) is 37.9 Å². The van der Waals surface area contributed by atoms with Crippen molar-refractivity contribution in [3.05, 3.63) is 0 Å². The van der Waals surface area contributed by atoms with E-state index in [0.717, 1.165) is 0 Å². The molecule has 2 heterocycles. The van der Waals surface area contributed by atoms with Gasteiger partial charge in [-0.2, -0.15) is 0 Å². The molecule has 0 aromatic rings. The van der Waals surface area contributed by atoms with E-state index >= 15 is 0 Å². The Hall–Kier alpha value is -2.16. The number of nitrogens with zero attached hydrogens (tertiary/aromatic N) is 2. The predicted molar refractivity (Wildman–Crippen MR) is 110 cm³/mol. The van der Waals surface area contributed by atoms with Gasteiger partial charge < -0.3 is 19.1 Å². The lowest BCUT2D eigenvalue weighted by Crippen LogP contribution is -2.32. The lowest BCUT2D eigenvalue weighted by molar-refractivity contribution is -0.198. The molecule has 0 spiro atoms. The number of carbonyl (C=O) groups excluding carboxylic acids is 6. The number of hydroxylamine groups is 4. The molecule has 2 aliphatic heterocycles. The van der Waals surface area contributed by atoms with Gasteiger partial charge in [-0.3, -0.25) is 19.2 Å². The lowest BCUT2D eigenvalue weighted by atomic mass is 10.4. The fourth-order valence-electron chi connectivity index (χ4n) is 2.43. The SMILES string of the molecule is O=C(CCOCCSSCCOCCC(=O)ON1C(=O)CCC1=O)ON1C(=O)CCC1=O. The second-order valence-corrected chi connectivity index (χ2v) is 9.16. The Kier molecular flexibility index (Phi) is 11.5. The predicted octanol–water partition coefficient (Wildman–Crippen LogP) is 0.396. The van der Waals surface area contributed by atoms with Crippen LogP contribution >= 0.6 is 21.6 Å². The topological polar surface area (TPSA) is 146 Å². The van der Waals surface area contributed by atoms with Crippen LogP contribution in [0.5, 0.6) is 0 Å². The highest BCUT2D eigenvalue weighted by Gasteiger charge is 2.33. The summed E-state index contributed by atoms with van der Waals surface area (Å²) in [7, 11) is 3.10. The smallest absolute Gasteiger partial charge is 0.335 e. The average molecular weight is 493 g/mol. The Morgan fingerprint density at radius 1 is 0.625 bits per heavy atom. The van der Waals surface area contributed by atoms with Gasteiger partial charge in [-0.25, -0.2) is 9.59 Å². The quantitative estimate of drug-likeness (QED) is 0.177. The zero-order valence-corrected chi connectivity index (χ0v) is 18.9. The van der Waals surface area contributed by atoms with Crippen LogP contribution in [0, 0.1) is 0 Å². The highest BCUT2D eigenvalue weighted by atomic mass is 33.1. The summed E-state index contributed by atoms with van der Waals surface area (Å²) in [5.41, 5.74) is 0. The molecule has 0 radical (unpaired) electrons. The first-order chi connectivity index (χ1) is 15.4. The van der Waals surface area contributed by atoms with Crippen LogP contribution in [0.3, 0.4) is 0 Å². The van der Waals surface area contributed by atoms with Crippen LogP contribution in [0.15, 0.2) is 0 Å². The minimum atomic E-state index is -0.699. The van der Waals surface area contributed by atoms with E-state index in [0.29, 0.717) is 34.8 Å². The average Bonchev–Trinajstić information content (AvgIpc) is 3.24. The van der Waals surface area contributed by atoms with Gasteiger partial charge in [0.2, 0.25) is 0 Å². The number of hydrogen-bond acceptors (Lipinski definition) is 12. The number of rotatable bonds is 15. The van der Waals surface area contributed by atoms with Crippen molar-refractivity contribution in [1.29, 1.82) is 0 Å². The van der Waals surface area contributed by atoms with Crippen molar-refractivity contribution in [1.82, 2.24) is 10.1 Å². The molecule has 0 N–H and O–H groups in total. The molecule has 4 amide bonds. The fraction of sp³-hybridized carbons (Fsp3) is 0.667. The van der Waals surface area contributed by atoms with Crippen molar-refractivity contribution in [3.8, 4) is 0 Å². The van der Waals surface area contributed by atoms with Gasteiger partial charge >= 0.3 is 11.9 Å². The number of imide groups is 2. The number of amides is 4. The van der Waals surface area contributed by atoms with Crippen molar-refractivity contribution in [3.63, 3.8) is 0 Å². The Balaban J connectivity index is 1.35. The van der Waals surface area contributed by atoms with E-state index in [4.69, 9.17) is 19.1 Å². The van der Waals surface area contributed by atoms with Crippen molar-refractivity contribution in [2.24, 2.45) is 0 Å². The highest BCUT2D eigenvalue weighted by Crippen LogP contribution is 2.20. The largest absolute Gasteiger partial charge is 0.380 e. The maximum Gasteiger partial charge on any atom is 0.335 e.